The van der Waals surface area contributed by atoms with E-state index in [-0.39, 0.29) is 17.3 Å². The van der Waals surface area contributed by atoms with Crippen LogP contribution in [-0.4, -0.2) is 28.0 Å². The van der Waals surface area contributed by atoms with Crippen LogP contribution in [-0.2, 0) is 30.2 Å². The maximum atomic E-state index is 12.2. The van der Waals surface area contributed by atoms with Gasteiger partial charge in [0.25, 0.3) is 0 Å². The lowest BCUT2D eigenvalue weighted by molar-refractivity contribution is 0.575. The molecule has 9 heteroatoms. The fraction of sp³-hybridized carbons (Fsp3) is 0.455. The summed E-state index contributed by atoms with van der Waals surface area (Å²) in [7, 11) is -1.93. The topological polar surface area (TPSA) is 108 Å². The summed E-state index contributed by atoms with van der Waals surface area (Å²) in [4.78, 5) is 0.00752. The largest absolute Gasteiger partial charge is 0.381 e. The summed E-state index contributed by atoms with van der Waals surface area (Å²) in [5.74, 6) is 0.0101. The van der Waals surface area contributed by atoms with Crippen molar-refractivity contribution in [3.63, 3.8) is 0 Å². The second-order valence-electron chi connectivity index (χ2n) is 4.41. The lowest BCUT2D eigenvalue weighted by Crippen LogP contribution is -2.24. The van der Waals surface area contributed by atoms with Crippen molar-refractivity contribution in [3.8, 4) is 0 Å². The Labute approximate surface area is 117 Å². The predicted octanol–water partition coefficient (Wildman–Crippen LogP) is 0.0873. The number of aromatic nitrogens is 4. The highest BCUT2D eigenvalue weighted by Gasteiger charge is 2.21. The van der Waals surface area contributed by atoms with Crippen LogP contribution in [0, 0.1) is 0 Å². The van der Waals surface area contributed by atoms with E-state index in [0.717, 1.165) is 12.1 Å². The third kappa shape index (κ3) is 2.99. The van der Waals surface area contributed by atoms with E-state index in [9.17, 15) is 8.42 Å². The average molecular weight is 298 g/mol. The second kappa shape index (κ2) is 5.63. The van der Waals surface area contributed by atoms with Crippen LogP contribution in [0.4, 0.5) is 5.82 Å². The molecule has 20 heavy (non-hydrogen) atoms. The van der Waals surface area contributed by atoms with Crippen molar-refractivity contribution in [2.45, 2.75) is 31.3 Å². The first-order valence-corrected chi connectivity index (χ1v) is 7.72. The zero-order chi connectivity index (χ0) is 14.8. The van der Waals surface area contributed by atoms with Crippen LogP contribution in [0.5, 0.6) is 0 Å². The molecule has 0 aliphatic carbocycles. The molecule has 8 nitrogen and oxygen atoms in total. The summed E-state index contributed by atoms with van der Waals surface area (Å²) in [6, 6.07) is 1.74. The molecular formula is C11H18N6O2S. The summed E-state index contributed by atoms with van der Waals surface area (Å²) in [6.07, 6.45) is 3.91. The number of nitrogens with two attached hydrogens (primary N) is 1. The van der Waals surface area contributed by atoms with Crippen molar-refractivity contribution >= 4 is 15.8 Å². The number of nitrogens with zero attached hydrogens (tertiary/aromatic N) is 4. The van der Waals surface area contributed by atoms with Gasteiger partial charge in [0.2, 0.25) is 10.0 Å². The highest BCUT2D eigenvalue weighted by molar-refractivity contribution is 7.89. The molecule has 2 aromatic heterocycles. The Morgan fingerprint density at radius 3 is 2.80 bits per heavy atom. The third-order valence-electron chi connectivity index (χ3n) is 2.86. The molecule has 3 N–H and O–H groups in total. The van der Waals surface area contributed by atoms with E-state index >= 15 is 0 Å². The normalized spacial score (nSPS) is 11.9. The quantitative estimate of drug-likeness (QED) is 0.785. The fourth-order valence-corrected chi connectivity index (χ4v) is 2.86. The van der Waals surface area contributed by atoms with Crippen molar-refractivity contribution in [1.82, 2.24) is 24.3 Å². The Kier molecular flexibility index (Phi) is 4.09. The van der Waals surface area contributed by atoms with Gasteiger partial charge in [-0.25, -0.2) is 13.1 Å². The minimum absolute atomic E-state index is 0.00752. The molecule has 0 saturated carbocycles. The predicted molar refractivity (Wildman–Crippen MR) is 74.2 cm³/mol. The molecule has 2 heterocycles. The van der Waals surface area contributed by atoms with E-state index in [4.69, 9.17) is 5.73 Å². The summed E-state index contributed by atoms with van der Waals surface area (Å²) >= 11 is 0. The summed E-state index contributed by atoms with van der Waals surface area (Å²) in [5, 5.41) is 7.96. The van der Waals surface area contributed by atoms with Crippen LogP contribution in [0.2, 0.25) is 0 Å². The van der Waals surface area contributed by atoms with Gasteiger partial charge in [-0.3, -0.25) is 9.36 Å². The molecule has 0 bridgehead atoms. The molecule has 110 valence electrons. The first kappa shape index (κ1) is 14.5. The number of anilines is 1. The molecule has 0 saturated heterocycles. The first-order chi connectivity index (χ1) is 9.44. The van der Waals surface area contributed by atoms with Gasteiger partial charge < -0.3 is 5.73 Å². The molecule has 0 spiro atoms. The maximum absolute atomic E-state index is 12.2. The number of sulfonamides is 1. The smallest absolute Gasteiger partial charge is 0.246 e. The van der Waals surface area contributed by atoms with Crippen molar-refractivity contribution in [3.05, 3.63) is 24.2 Å². The van der Waals surface area contributed by atoms with E-state index in [2.05, 4.69) is 14.9 Å². The molecule has 0 fully saturated rings. The molecule has 0 amide bonds. The molecule has 0 aliphatic heterocycles. The van der Waals surface area contributed by atoms with Crippen LogP contribution in [0.3, 0.4) is 0 Å². The first-order valence-electron chi connectivity index (χ1n) is 6.23. The van der Waals surface area contributed by atoms with Gasteiger partial charge in [-0.15, -0.1) is 0 Å². The molecule has 0 aliphatic rings. The number of hydrogen-bond acceptors (Lipinski definition) is 5. The van der Waals surface area contributed by atoms with Crippen LogP contribution in [0.15, 0.2) is 23.4 Å². The van der Waals surface area contributed by atoms with Gasteiger partial charge in [0, 0.05) is 26.0 Å². The van der Waals surface area contributed by atoms with Crippen LogP contribution >= 0.6 is 0 Å². The van der Waals surface area contributed by atoms with Gasteiger partial charge in [-0.2, -0.15) is 10.2 Å². The minimum atomic E-state index is -3.68. The van der Waals surface area contributed by atoms with Gasteiger partial charge in [0.05, 0.1) is 12.2 Å². The summed E-state index contributed by atoms with van der Waals surface area (Å²) < 4.78 is 30.0. The van der Waals surface area contributed by atoms with Gasteiger partial charge in [-0.1, -0.05) is 6.92 Å². The average Bonchev–Trinajstić information content (AvgIpc) is 2.94. The highest BCUT2D eigenvalue weighted by Crippen LogP contribution is 2.16. The summed E-state index contributed by atoms with van der Waals surface area (Å²) in [6.45, 7) is 2.76. The molecule has 0 unspecified atom stereocenters. The van der Waals surface area contributed by atoms with Gasteiger partial charge in [0.1, 0.15) is 4.90 Å². The van der Waals surface area contributed by atoms with Gasteiger partial charge >= 0.3 is 0 Å². The van der Waals surface area contributed by atoms with Crippen LogP contribution < -0.4 is 10.5 Å². The molecule has 2 aromatic rings. The van der Waals surface area contributed by atoms with E-state index in [1.165, 1.54) is 10.9 Å². The van der Waals surface area contributed by atoms with Crippen molar-refractivity contribution in [2.24, 2.45) is 7.05 Å². The second-order valence-corrected chi connectivity index (χ2v) is 6.15. The van der Waals surface area contributed by atoms with Crippen molar-refractivity contribution < 1.29 is 8.42 Å². The third-order valence-corrected chi connectivity index (χ3v) is 4.28. The number of nitrogen functional groups attached to an aromatic ring is 1. The Morgan fingerprint density at radius 2 is 2.20 bits per heavy atom. The highest BCUT2D eigenvalue weighted by atomic mass is 32.2. The van der Waals surface area contributed by atoms with Crippen molar-refractivity contribution in [1.29, 1.82) is 0 Å². The SMILES string of the molecule is CCCn1cc(S(=O)(=O)NCc2ccnn2C)c(N)n1. The van der Waals surface area contributed by atoms with E-state index < -0.39 is 10.0 Å². The van der Waals surface area contributed by atoms with Crippen LogP contribution in [0.1, 0.15) is 19.0 Å². The Morgan fingerprint density at radius 1 is 1.45 bits per heavy atom. The monoisotopic (exact) mass is 298 g/mol. The molecule has 0 radical (unpaired) electrons. The Balaban J connectivity index is 2.16. The number of aryl methyl sites for hydroxylation is 2. The number of rotatable bonds is 6. The molecule has 2 rings (SSSR count). The fourth-order valence-electron chi connectivity index (χ4n) is 1.79. The van der Waals surface area contributed by atoms with Gasteiger partial charge in [0.15, 0.2) is 5.82 Å². The Bertz CT molecular complexity index is 688. The number of nitrogens with one attached hydrogen (secondary N) is 1. The minimum Gasteiger partial charge on any atom is -0.381 e. The van der Waals surface area contributed by atoms with E-state index in [1.807, 2.05) is 6.92 Å². The molecule has 0 aromatic carbocycles. The molecule has 0 atom stereocenters. The zero-order valence-electron chi connectivity index (χ0n) is 11.4. The standard InChI is InChI=1S/C11H18N6O2S/c1-3-6-17-8-10(11(12)15-17)20(18,19)14-7-9-4-5-13-16(9)2/h4-5,8,14H,3,6-7H2,1-2H3,(H2,12,15). The maximum Gasteiger partial charge on any atom is 0.246 e. The Hall–Kier alpha value is -1.87. The lowest BCUT2D eigenvalue weighted by atomic mass is 10.4. The zero-order valence-corrected chi connectivity index (χ0v) is 12.3. The van der Waals surface area contributed by atoms with E-state index in [1.54, 1.807) is 24.0 Å². The summed E-state index contributed by atoms with van der Waals surface area (Å²) in [5.41, 5.74) is 6.43. The van der Waals surface area contributed by atoms with Gasteiger partial charge in [-0.05, 0) is 12.5 Å². The van der Waals surface area contributed by atoms with Crippen molar-refractivity contribution in [2.75, 3.05) is 5.73 Å². The lowest BCUT2D eigenvalue weighted by Gasteiger charge is -2.05. The molecular weight excluding hydrogens is 280 g/mol. The van der Waals surface area contributed by atoms with Crippen LogP contribution in [0.25, 0.3) is 0 Å². The van der Waals surface area contributed by atoms with E-state index in [0.29, 0.717) is 6.54 Å². The number of hydrogen-bond donors (Lipinski definition) is 2.